The number of nitrogens with one attached hydrogen (secondary N) is 5. The number of carboxylic acids is 1. The summed E-state index contributed by atoms with van der Waals surface area (Å²) in [6.45, 7) is 11.3. The molecule has 13 N–H and O–H groups in total. The average molecular weight is 1450 g/mol. The van der Waals surface area contributed by atoms with Crippen molar-refractivity contribution >= 4 is 35.5 Å². The molecule has 0 aromatic carbocycles. The Morgan fingerprint density at radius 2 is 0.880 bits per heavy atom. The molecule has 3 rings (SSSR count). The van der Waals surface area contributed by atoms with E-state index in [2.05, 4.69) is 26.6 Å². The highest BCUT2D eigenvalue weighted by Gasteiger charge is 2.38. The normalized spacial score (nSPS) is 23.3. The fraction of sp³-hybridized carbons (Fsp3) is 0.908. The molecule has 3 saturated heterocycles. The van der Waals surface area contributed by atoms with Gasteiger partial charge in [-0.3, -0.25) is 28.8 Å². The van der Waals surface area contributed by atoms with E-state index in [1.165, 1.54) is 0 Å². The Hall–Kier alpha value is -4.10. The smallest absolute Gasteiger partial charge is 0.303 e. The minimum atomic E-state index is -1.20. The lowest BCUT2D eigenvalue weighted by atomic mass is 9.98. The number of hydrogen-bond acceptors (Lipinski definition) is 29. The van der Waals surface area contributed by atoms with Crippen molar-refractivity contribution < 1.29 is 145 Å². The fourth-order valence-corrected chi connectivity index (χ4v) is 10.1. The Balaban J connectivity index is 1.49. The van der Waals surface area contributed by atoms with Crippen LogP contribution in [0.1, 0.15) is 118 Å². The van der Waals surface area contributed by atoms with Gasteiger partial charge in [0.25, 0.3) is 0 Å². The summed E-state index contributed by atoms with van der Waals surface area (Å²) < 4.78 is 88.8. The largest absolute Gasteiger partial charge is 0.481 e. The molecule has 0 spiro atoms. The summed E-state index contributed by atoms with van der Waals surface area (Å²) in [5.41, 5.74) is -1.63. The van der Waals surface area contributed by atoms with E-state index >= 15 is 0 Å². The van der Waals surface area contributed by atoms with Gasteiger partial charge in [-0.1, -0.05) is 0 Å². The second-order valence-electron chi connectivity index (χ2n) is 25.5. The van der Waals surface area contributed by atoms with Crippen molar-refractivity contribution in [1.29, 1.82) is 0 Å². The first-order valence-electron chi connectivity index (χ1n) is 34.9. The van der Waals surface area contributed by atoms with Crippen molar-refractivity contribution in [3.8, 4) is 0 Å². The van der Waals surface area contributed by atoms with Gasteiger partial charge in [-0.15, -0.1) is 0 Å². The van der Waals surface area contributed by atoms with E-state index in [9.17, 15) is 69.6 Å². The molecule has 0 aromatic rings. The van der Waals surface area contributed by atoms with Crippen molar-refractivity contribution in [1.82, 2.24) is 26.6 Å². The van der Waals surface area contributed by atoms with Gasteiger partial charge in [0.15, 0.2) is 18.9 Å². The van der Waals surface area contributed by atoms with E-state index in [-0.39, 0.29) is 196 Å². The number of hydrogen-bond donors (Lipinski definition) is 13. The molecule has 0 radical (unpaired) electrons. The highest BCUT2D eigenvalue weighted by molar-refractivity contribution is 5.92. The first-order chi connectivity index (χ1) is 47.9. The molecule has 35 nitrogen and oxygen atoms in total. The summed E-state index contributed by atoms with van der Waals surface area (Å²) >= 11 is 0. The van der Waals surface area contributed by atoms with Gasteiger partial charge in [-0.05, 0) is 92.4 Å². The van der Waals surface area contributed by atoms with Gasteiger partial charge in [0.05, 0.1) is 162 Å². The zero-order valence-electron chi connectivity index (χ0n) is 59.1. The maximum absolute atomic E-state index is 14.3. The van der Waals surface area contributed by atoms with Crippen LogP contribution in [0.2, 0.25) is 0 Å². The Morgan fingerprint density at radius 1 is 0.460 bits per heavy atom. The quantitative estimate of drug-likeness (QED) is 0.0274. The number of unbranched alkanes of at least 4 members (excludes halogenated alkanes) is 2. The molecule has 3 heterocycles. The molecule has 13 atom stereocenters. The first-order valence-corrected chi connectivity index (χ1v) is 34.9. The number of aliphatic hydroxyl groups is 7. The molecular formula is C65H119N5O30. The van der Waals surface area contributed by atoms with Gasteiger partial charge < -0.3 is 143 Å². The highest BCUT2D eigenvalue weighted by atomic mass is 16.7. The lowest BCUT2D eigenvalue weighted by molar-refractivity contribution is -0.259. The van der Waals surface area contributed by atoms with E-state index in [0.717, 1.165) is 0 Å². The number of ether oxygens (including phenoxy) is 16. The molecule has 5 amide bonds. The lowest BCUT2D eigenvalue weighted by Gasteiger charge is -2.35. The topological polar surface area (TPSA) is 472 Å². The molecule has 3 aliphatic rings. The maximum atomic E-state index is 14.3. The Bertz CT molecular complexity index is 2190. The van der Waals surface area contributed by atoms with E-state index in [4.69, 9.17) is 75.8 Å². The van der Waals surface area contributed by atoms with Gasteiger partial charge in [0.1, 0.15) is 56.3 Å². The predicted octanol–water partition coefficient (Wildman–Crippen LogP) is -2.78. The number of carboxylic acid groups (broad SMARTS) is 1. The molecule has 3 aliphatic heterocycles. The Labute approximate surface area is 586 Å². The standard InChI is InChI=1S/C65H119N5O30/c1-45-60(81)49(74)38-58(98-45)95-36-33-89-24-22-87-28-31-93-44-55(78)68-46(10-6-8-17-66-53(76)42-91-30-27-86-21-25-90-34-37-96-59-39-50(75)61(82)52(41-72)100-59)62(83)69-47(63(84)70-64(2,3)16-19-97-65(4,5)15-14-56(79)80)11-7-9-18-67-54(77)43-92-29-26-85-20-23-88-32-35-94-57-13-12-48(73)51(40-71)99-57/h45-52,57-61,71-75,81-82H,6-44H2,1-5H3,(H,66,76)(H,67,77)(H,68,78)(H,69,83)(H,70,84)(H,79,80)/t45-,46+,47+,48-,49-,50-,51-,52-,57-,58-,59-,60+,61-/m1/s1. The molecule has 0 aliphatic carbocycles. The monoisotopic (exact) mass is 1450 g/mol. The van der Waals surface area contributed by atoms with Crippen molar-refractivity contribution in [2.45, 2.75) is 209 Å². The number of aliphatic carboxylic acids is 1. The first kappa shape index (κ1) is 90.1. The van der Waals surface area contributed by atoms with E-state index in [1.54, 1.807) is 34.6 Å². The summed E-state index contributed by atoms with van der Waals surface area (Å²) in [6.07, 6.45) is -5.75. The molecule has 0 saturated carbocycles. The van der Waals surface area contributed by atoms with Gasteiger partial charge in [-0.25, -0.2) is 0 Å². The van der Waals surface area contributed by atoms with Crippen molar-refractivity contribution in [2.24, 2.45) is 0 Å². The van der Waals surface area contributed by atoms with Crippen LogP contribution in [0.15, 0.2) is 0 Å². The van der Waals surface area contributed by atoms with Crippen LogP contribution in [0.5, 0.6) is 0 Å². The molecule has 35 heteroatoms. The van der Waals surface area contributed by atoms with Crippen molar-refractivity contribution in [3.05, 3.63) is 0 Å². The number of carbonyl (C=O) groups is 6. The molecular weight excluding hydrogens is 1330 g/mol. The number of carbonyl (C=O) groups excluding carboxylic acids is 5. The second kappa shape index (κ2) is 53.6. The summed E-state index contributed by atoms with van der Waals surface area (Å²) in [5.74, 6) is -3.53. The SMILES string of the molecule is C[C@H]1O[C@@H](OCCOCCOCCOCC(=O)N[C@@H](CCCCNC(=O)COCCOCCOCCO[C@H]2C[C@@H](O)[C@@H](O)[C@@H](CO)O2)C(=O)N[C@@H](CCCCNC(=O)COCCOCCOCCO[C@H]2CC[C@@H](O)[C@@H](CO)O2)C(=O)NC(C)(C)CCOC(C)(C)CCC(=O)O)C[C@@H](O)[C@H]1O. The second-order valence-corrected chi connectivity index (χ2v) is 25.5. The van der Waals surface area contributed by atoms with Crippen LogP contribution in [0.25, 0.3) is 0 Å². The highest BCUT2D eigenvalue weighted by Crippen LogP contribution is 2.24. The lowest BCUT2D eigenvalue weighted by Crippen LogP contribution is -2.57. The Morgan fingerprint density at radius 3 is 1.35 bits per heavy atom. The van der Waals surface area contributed by atoms with Crippen LogP contribution in [-0.2, 0) is 105 Å². The van der Waals surface area contributed by atoms with E-state index in [1.807, 2.05) is 0 Å². The molecule has 100 heavy (non-hydrogen) atoms. The van der Waals surface area contributed by atoms with Crippen LogP contribution in [-0.4, -0.2) is 339 Å². The zero-order chi connectivity index (χ0) is 73.4. The third-order valence-corrected chi connectivity index (χ3v) is 15.9. The summed E-state index contributed by atoms with van der Waals surface area (Å²) in [6, 6.07) is -2.27. The van der Waals surface area contributed by atoms with Crippen LogP contribution in [0, 0.1) is 0 Å². The molecule has 584 valence electrons. The van der Waals surface area contributed by atoms with E-state index < -0.39 is 134 Å². The van der Waals surface area contributed by atoms with Gasteiger partial charge in [0.2, 0.25) is 29.5 Å². The van der Waals surface area contributed by atoms with Crippen molar-refractivity contribution in [3.63, 3.8) is 0 Å². The van der Waals surface area contributed by atoms with Crippen LogP contribution in [0.4, 0.5) is 0 Å². The van der Waals surface area contributed by atoms with E-state index in [0.29, 0.717) is 51.6 Å². The third kappa shape index (κ3) is 42.6. The summed E-state index contributed by atoms with van der Waals surface area (Å²) in [5, 5.41) is 91.5. The molecule has 0 unspecified atom stereocenters. The predicted molar refractivity (Wildman–Crippen MR) is 351 cm³/mol. The molecule has 3 fully saturated rings. The van der Waals surface area contributed by atoms with Crippen LogP contribution < -0.4 is 26.6 Å². The number of rotatable bonds is 60. The Kier molecular flexibility index (Phi) is 48.3. The number of amides is 5. The van der Waals surface area contributed by atoms with Gasteiger partial charge >= 0.3 is 5.97 Å². The van der Waals surface area contributed by atoms with Gasteiger partial charge in [-0.2, -0.15) is 0 Å². The number of aliphatic hydroxyl groups excluding tert-OH is 7. The van der Waals surface area contributed by atoms with Gasteiger partial charge in [0, 0.05) is 50.9 Å². The summed E-state index contributed by atoms with van der Waals surface area (Å²) in [4.78, 5) is 78.5. The minimum Gasteiger partial charge on any atom is -0.481 e. The summed E-state index contributed by atoms with van der Waals surface area (Å²) in [7, 11) is 0. The minimum absolute atomic E-state index is 0.0233. The van der Waals surface area contributed by atoms with Crippen LogP contribution in [0.3, 0.4) is 0 Å². The average Bonchev–Trinajstić information content (AvgIpc) is 0.867. The van der Waals surface area contributed by atoms with Crippen molar-refractivity contribution in [2.75, 3.05) is 172 Å². The maximum Gasteiger partial charge on any atom is 0.303 e. The fourth-order valence-electron chi connectivity index (χ4n) is 10.1. The third-order valence-electron chi connectivity index (χ3n) is 15.9. The molecule has 0 bridgehead atoms. The molecule has 0 aromatic heterocycles. The van der Waals surface area contributed by atoms with Crippen LogP contribution >= 0.6 is 0 Å². The zero-order valence-corrected chi connectivity index (χ0v) is 59.1.